The van der Waals surface area contributed by atoms with Crippen molar-refractivity contribution in [2.24, 2.45) is 0 Å². The molecule has 0 bridgehead atoms. The first-order valence-electron chi connectivity index (χ1n) is 7.41. The average molecular weight is 276 g/mol. The third-order valence-electron chi connectivity index (χ3n) is 3.55. The fraction of sp³-hybridized carbons (Fsp3) is 0.562. The average Bonchev–Trinajstić information content (AvgIpc) is 2.41. The molecule has 1 aromatic rings. The maximum atomic E-state index is 11.5. The lowest BCUT2D eigenvalue weighted by Gasteiger charge is -2.28. The van der Waals surface area contributed by atoms with Gasteiger partial charge in [-0.05, 0) is 44.4 Å². The summed E-state index contributed by atoms with van der Waals surface area (Å²) < 4.78 is 5.55. The van der Waals surface area contributed by atoms with Crippen LogP contribution in [-0.4, -0.2) is 31.2 Å². The van der Waals surface area contributed by atoms with Crippen LogP contribution < -0.4 is 10.6 Å². The molecule has 0 radical (unpaired) electrons. The Hall–Kier alpha value is -1.55. The van der Waals surface area contributed by atoms with Crippen LogP contribution in [0.25, 0.3) is 0 Å². The minimum absolute atomic E-state index is 0.0754. The fourth-order valence-electron chi connectivity index (χ4n) is 2.53. The number of carbonyl (C=O) groups is 1. The quantitative estimate of drug-likeness (QED) is 0.868. The number of anilines is 1. The summed E-state index contributed by atoms with van der Waals surface area (Å²) in [6.45, 7) is 5.55. The standard InChI is InChI=1S/C16H24N2O2/c1-3-17-16(19)11-13-4-6-14(7-5-13)18-15-8-9-20-12(2)10-15/h4-7,12,15,18H,3,8-11H2,1-2H3,(H,17,19). The highest BCUT2D eigenvalue weighted by Crippen LogP contribution is 2.19. The molecule has 0 aromatic heterocycles. The van der Waals surface area contributed by atoms with Gasteiger partial charge in [-0.1, -0.05) is 12.1 Å². The Kier molecular flexibility index (Phi) is 5.41. The van der Waals surface area contributed by atoms with E-state index in [4.69, 9.17) is 4.74 Å². The molecule has 2 N–H and O–H groups in total. The van der Waals surface area contributed by atoms with Gasteiger partial charge in [0.25, 0.3) is 0 Å². The second-order valence-electron chi connectivity index (χ2n) is 5.37. The molecule has 1 amide bonds. The van der Waals surface area contributed by atoms with E-state index in [1.54, 1.807) is 0 Å². The first-order valence-corrected chi connectivity index (χ1v) is 7.41. The molecule has 2 atom stereocenters. The minimum atomic E-state index is 0.0754. The molecule has 1 aliphatic heterocycles. The van der Waals surface area contributed by atoms with Crippen LogP contribution in [-0.2, 0) is 16.0 Å². The van der Waals surface area contributed by atoms with E-state index in [0.717, 1.165) is 30.7 Å². The molecule has 2 unspecified atom stereocenters. The highest BCUT2D eigenvalue weighted by molar-refractivity contribution is 5.78. The van der Waals surface area contributed by atoms with Gasteiger partial charge in [-0.3, -0.25) is 4.79 Å². The van der Waals surface area contributed by atoms with E-state index >= 15 is 0 Å². The summed E-state index contributed by atoms with van der Waals surface area (Å²) in [5, 5.41) is 6.35. The molecule has 0 spiro atoms. The monoisotopic (exact) mass is 276 g/mol. The topological polar surface area (TPSA) is 50.4 Å². The summed E-state index contributed by atoms with van der Waals surface area (Å²) in [7, 11) is 0. The number of rotatable bonds is 5. The van der Waals surface area contributed by atoms with Gasteiger partial charge in [-0.2, -0.15) is 0 Å². The van der Waals surface area contributed by atoms with E-state index in [-0.39, 0.29) is 5.91 Å². The predicted octanol–water partition coefficient (Wildman–Crippen LogP) is 2.34. The molecule has 1 aliphatic rings. The van der Waals surface area contributed by atoms with Gasteiger partial charge in [0.1, 0.15) is 0 Å². The summed E-state index contributed by atoms with van der Waals surface area (Å²) in [5.41, 5.74) is 2.16. The highest BCUT2D eigenvalue weighted by Gasteiger charge is 2.18. The second kappa shape index (κ2) is 7.29. The zero-order valence-electron chi connectivity index (χ0n) is 12.3. The Morgan fingerprint density at radius 1 is 1.35 bits per heavy atom. The number of nitrogens with one attached hydrogen (secondary N) is 2. The van der Waals surface area contributed by atoms with Crippen molar-refractivity contribution in [3.63, 3.8) is 0 Å². The van der Waals surface area contributed by atoms with Gasteiger partial charge in [0.05, 0.1) is 12.5 Å². The third-order valence-corrected chi connectivity index (χ3v) is 3.55. The Balaban J connectivity index is 1.86. The first-order chi connectivity index (χ1) is 9.67. The normalized spacial score (nSPS) is 22.3. The van der Waals surface area contributed by atoms with Crippen LogP contribution in [0, 0.1) is 0 Å². The summed E-state index contributed by atoms with van der Waals surface area (Å²) in [5.74, 6) is 0.0754. The van der Waals surface area contributed by atoms with E-state index < -0.39 is 0 Å². The Labute approximate surface area is 120 Å². The van der Waals surface area contributed by atoms with Gasteiger partial charge in [-0.15, -0.1) is 0 Å². The Morgan fingerprint density at radius 3 is 2.75 bits per heavy atom. The summed E-state index contributed by atoms with van der Waals surface area (Å²) >= 11 is 0. The molecular weight excluding hydrogens is 252 g/mol. The molecule has 1 aromatic carbocycles. The van der Waals surface area contributed by atoms with Crippen molar-refractivity contribution in [2.75, 3.05) is 18.5 Å². The number of likely N-dealkylation sites (N-methyl/N-ethyl adjacent to an activating group) is 1. The molecule has 0 saturated carbocycles. The van der Waals surface area contributed by atoms with Gasteiger partial charge in [-0.25, -0.2) is 0 Å². The van der Waals surface area contributed by atoms with Gasteiger partial charge in [0, 0.05) is 24.9 Å². The van der Waals surface area contributed by atoms with E-state index in [1.807, 2.05) is 19.1 Å². The van der Waals surface area contributed by atoms with Gasteiger partial charge in [0.15, 0.2) is 0 Å². The van der Waals surface area contributed by atoms with E-state index in [1.165, 1.54) is 0 Å². The third kappa shape index (κ3) is 4.53. The van der Waals surface area contributed by atoms with Crippen LogP contribution in [0.3, 0.4) is 0 Å². The molecule has 20 heavy (non-hydrogen) atoms. The zero-order valence-corrected chi connectivity index (χ0v) is 12.3. The molecule has 1 fully saturated rings. The maximum absolute atomic E-state index is 11.5. The molecular formula is C16H24N2O2. The lowest BCUT2D eigenvalue weighted by Crippen LogP contribution is -2.32. The molecule has 2 rings (SSSR count). The molecule has 1 heterocycles. The van der Waals surface area contributed by atoms with Crippen LogP contribution in [0.2, 0.25) is 0 Å². The second-order valence-corrected chi connectivity index (χ2v) is 5.37. The van der Waals surface area contributed by atoms with Crippen LogP contribution in [0.5, 0.6) is 0 Å². The van der Waals surface area contributed by atoms with Crippen LogP contribution in [0.4, 0.5) is 5.69 Å². The number of ether oxygens (including phenoxy) is 1. The van der Waals surface area contributed by atoms with Crippen LogP contribution in [0.15, 0.2) is 24.3 Å². The van der Waals surface area contributed by atoms with Crippen molar-refractivity contribution in [3.05, 3.63) is 29.8 Å². The van der Waals surface area contributed by atoms with Crippen molar-refractivity contribution >= 4 is 11.6 Å². The lowest BCUT2D eigenvalue weighted by molar-refractivity contribution is -0.120. The van der Waals surface area contributed by atoms with Crippen LogP contribution >= 0.6 is 0 Å². The SMILES string of the molecule is CCNC(=O)Cc1ccc(NC2CCOC(C)C2)cc1. The Morgan fingerprint density at radius 2 is 2.10 bits per heavy atom. The summed E-state index contributed by atoms with van der Waals surface area (Å²) in [4.78, 5) is 11.5. The number of amides is 1. The molecule has 4 heteroatoms. The molecule has 0 aliphatic carbocycles. The molecule has 110 valence electrons. The van der Waals surface area contributed by atoms with Gasteiger partial charge in [0.2, 0.25) is 5.91 Å². The van der Waals surface area contributed by atoms with Gasteiger partial charge < -0.3 is 15.4 Å². The van der Waals surface area contributed by atoms with E-state index in [0.29, 0.717) is 25.1 Å². The smallest absolute Gasteiger partial charge is 0.224 e. The van der Waals surface area contributed by atoms with Crippen LogP contribution in [0.1, 0.15) is 32.3 Å². The number of benzene rings is 1. The van der Waals surface area contributed by atoms with Crippen molar-refractivity contribution in [1.82, 2.24) is 5.32 Å². The predicted molar refractivity (Wildman–Crippen MR) is 80.9 cm³/mol. The number of carbonyl (C=O) groups excluding carboxylic acids is 1. The summed E-state index contributed by atoms with van der Waals surface area (Å²) in [6.07, 6.45) is 2.87. The molecule has 1 saturated heterocycles. The van der Waals surface area contributed by atoms with Crippen molar-refractivity contribution in [2.45, 2.75) is 45.3 Å². The highest BCUT2D eigenvalue weighted by atomic mass is 16.5. The van der Waals surface area contributed by atoms with E-state index in [2.05, 4.69) is 29.7 Å². The lowest BCUT2D eigenvalue weighted by atomic mass is 10.0. The van der Waals surface area contributed by atoms with Crippen molar-refractivity contribution < 1.29 is 9.53 Å². The van der Waals surface area contributed by atoms with Crippen molar-refractivity contribution in [1.29, 1.82) is 0 Å². The largest absolute Gasteiger partial charge is 0.382 e. The van der Waals surface area contributed by atoms with E-state index in [9.17, 15) is 4.79 Å². The van der Waals surface area contributed by atoms with Crippen molar-refractivity contribution in [3.8, 4) is 0 Å². The number of hydrogen-bond acceptors (Lipinski definition) is 3. The fourth-order valence-corrected chi connectivity index (χ4v) is 2.53. The Bertz CT molecular complexity index is 431. The molecule has 4 nitrogen and oxygen atoms in total. The zero-order chi connectivity index (χ0) is 14.4. The minimum Gasteiger partial charge on any atom is -0.382 e. The maximum Gasteiger partial charge on any atom is 0.224 e. The summed E-state index contributed by atoms with van der Waals surface area (Å²) in [6, 6.07) is 8.61. The first kappa shape index (κ1) is 14.9. The number of hydrogen-bond donors (Lipinski definition) is 2. The van der Waals surface area contributed by atoms with Gasteiger partial charge >= 0.3 is 0 Å².